The van der Waals surface area contributed by atoms with E-state index < -0.39 is 0 Å². The van der Waals surface area contributed by atoms with Gasteiger partial charge in [-0.1, -0.05) is 0 Å². The van der Waals surface area contributed by atoms with E-state index in [4.69, 9.17) is 9.15 Å². The van der Waals surface area contributed by atoms with Gasteiger partial charge in [0.15, 0.2) is 5.76 Å². The first-order valence-corrected chi connectivity index (χ1v) is 4.73. The summed E-state index contributed by atoms with van der Waals surface area (Å²) in [5.74, 6) is 0.635. The van der Waals surface area contributed by atoms with Crippen LogP contribution in [0.3, 0.4) is 0 Å². The number of furan rings is 1. The highest BCUT2D eigenvalue weighted by Crippen LogP contribution is 2.08. The van der Waals surface area contributed by atoms with Crippen molar-refractivity contribution in [2.24, 2.45) is 0 Å². The van der Waals surface area contributed by atoms with Crippen molar-refractivity contribution >= 4 is 5.78 Å². The fraction of sp³-hybridized carbons (Fsp3) is 0.182. The highest BCUT2D eigenvalue weighted by molar-refractivity contribution is 5.94. The van der Waals surface area contributed by atoms with Gasteiger partial charge < -0.3 is 9.15 Å². The number of methoxy groups -OCH3 is 1. The minimum Gasteiger partial charge on any atom is -0.480 e. The fourth-order valence-electron chi connectivity index (χ4n) is 1.24. The van der Waals surface area contributed by atoms with Crippen LogP contribution in [0.1, 0.15) is 16.2 Å². The molecule has 2 rings (SSSR count). The topological polar surface area (TPSA) is 65.2 Å². The minimum atomic E-state index is -0.121. The normalized spacial score (nSPS) is 10.1. The van der Waals surface area contributed by atoms with E-state index in [-0.39, 0.29) is 12.2 Å². The van der Waals surface area contributed by atoms with Gasteiger partial charge in [-0.25, -0.2) is 0 Å². The van der Waals surface area contributed by atoms with Crippen molar-refractivity contribution in [1.82, 2.24) is 10.2 Å². The van der Waals surface area contributed by atoms with Crippen molar-refractivity contribution in [3.63, 3.8) is 0 Å². The lowest BCUT2D eigenvalue weighted by Gasteiger charge is -1.99. The third kappa shape index (κ3) is 2.25. The Bertz CT molecular complexity index is 462. The van der Waals surface area contributed by atoms with Crippen LogP contribution < -0.4 is 4.74 Å². The van der Waals surface area contributed by atoms with Crippen LogP contribution in [0.4, 0.5) is 0 Å². The number of carbonyl (C=O) groups excluding carboxylic acids is 1. The number of ether oxygens (including phenoxy) is 1. The average Bonchev–Trinajstić information content (AvgIpc) is 2.83. The number of ketones is 1. The highest BCUT2D eigenvalue weighted by Gasteiger charge is 2.10. The first kappa shape index (κ1) is 10.4. The van der Waals surface area contributed by atoms with E-state index in [0.29, 0.717) is 17.3 Å². The molecule has 0 unspecified atom stereocenters. The molecule has 0 fully saturated rings. The number of hydrogen-bond acceptors (Lipinski definition) is 5. The standard InChI is InChI=1S/C11H10N2O3/c1-15-11-5-4-8(12-13-11)7-9(14)10-3-2-6-16-10/h2-6H,7H2,1H3. The average molecular weight is 218 g/mol. The smallest absolute Gasteiger partial charge is 0.233 e. The van der Waals surface area contributed by atoms with E-state index in [1.165, 1.54) is 13.4 Å². The first-order valence-electron chi connectivity index (χ1n) is 4.73. The van der Waals surface area contributed by atoms with E-state index >= 15 is 0 Å². The molecule has 0 aromatic carbocycles. The second-order valence-corrected chi connectivity index (χ2v) is 3.14. The fourth-order valence-corrected chi connectivity index (χ4v) is 1.24. The summed E-state index contributed by atoms with van der Waals surface area (Å²) in [6.45, 7) is 0. The molecule has 16 heavy (non-hydrogen) atoms. The summed E-state index contributed by atoms with van der Waals surface area (Å²) in [4.78, 5) is 11.6. The summed E-state index contributed by atoms with van der Waals surface area (Å²) < 4.78 is 9.86. The molecule has 82 valence electrons. The summed E-state index contributed by atoms with van der Waals surface area (Å²) in [6, 6.07) is 6.66. The lowest BCUT2D eigenvalue weighted by molar-refractivity contribution is 0.0965. The van der Waals surface area contributed by atoms with Crippen LogP contribution in [0.5, 0.6) is 5.88 Å². The number of Topliss-reactive ketones (excluding diaryl/α,β-unsaturated/α-hetero) is 1. The molecule has 0 aliphatic rings. The van der Waals surface area contributed by atoms with Crippen molar-refractivity contribution in [3.8, 4) is 5.88 Å². The SMILES string of the molecule is COc1ccc(CC(=O)c2ccco2)nn1. The van der Waals surface area contributed by atoms with Crippen LogP contribution in [-0.4, -0.2) is 23.1 Å². The summed E-state index contributed by atoms with van der Waals surface area (Å²) in [5, 5.41) is 7.64. The maximum absolute atomic E-state index is 11.6. The van der Waals surface area contributed by atoms with Gasteiger partial charge in [-0.05, 0) is 18.2 Å². The van der Waals surface area contributed by atoms with Gasteiger partial charge in [0.25, 0.3) is 0 Å². The van der Waals surface area contributed by atoms with E-state index in [9.17, 15) is 4.79 Å². The van der Waals surface area contributed by atoms with Crippen LogP contribution in [-0.2, 0) is 6.42 Å². The maximum Gasteiger partial charge on any atom is 0.233 e. The van der Waals surface area contributed by atoms with Crippen molar-refractivity contribution in [1.29, 1.82) is 0 Å². The van der Waals surface area contributed by atoms with Crippen molar-refractivity contribution in [2.45, 2.75) is 6.42 Å². The Morgan fingerprint density at radius 2 is 2.25 bits per heavy atom. The van der Waals surface area contributed by atoms with Gasteiger partial charge in [-0.15, -0.1) is 5.10 Å². The van der Waals surface area contributed by atoms with Crippen LogP contribution >= 0.6 is 0 Å². The molecule has 0 N–H and O–H groups in total. The zero-order valence-electron chi connectivity index (χ0n) is 8.71. The van der Waals surface area contributed by atoms with E-state index in [2.05, 4.69) is 10.2 Å². The van der Waals surface area contributed by atoms with Crippen molar-refractivity contribution < 1.29 is 13.9 Å². The maximum atomic E-state index is 11.6. The molecular formula is C11H10N2O3. The molecular weight excluding hydrogens is 208 g/mol. The third-order valence-corrected chi connectivity index (χ3v) is 2.04. The largest absolute Gasteiger partial charge is 0.480 e. The van der Waals surface area contributed by atoms with Crippen molar-refractivity contribution in [2.75, 3.05) is 7.11 Å². The van der Waals surface area contributed by atoms with Gasteiger partial charge in [0.1, 0.15) is 0 Å². The van der Waals surface area contributed by atoms with Crippen molar-refractivity contribution in [3.05, 3.63) is 42.0 Å². The Hall–Kier alpha value is -2.17. The predicted molar refractivity (Wildman–Crippen MR) is 55.3 cm³/mol. The Labute approximate surface area is 92.1 Å². The molecule has 2 aromatic rings. The van der Waals surface area contributed by atoms with E-state index in [1.54, 1.807) is 24.3 Å². The number of hydrogen-bond donors (Lipinski definition) is 0. The molecule has 2 heterocycles. The summed E-state index contributed by atoms with van der Waals surface area (Å²) in [5.41, 5.74) is 0.585. The summed E-state index contributed by atoms with van der Waals surface area (Å²) in [7, 11) is 1.51. The lowest BCUT2D eigenvalue weighted by Crippen LogP contribution is -2.05. The minimum absolute atomic E-state index is 0.121. The molecule has 0 saturated carbocycles. The van der Waals surface area contributed by atoms with Gasteiger partial charge in [-0.3, -0.25) is 4.79 Å². The number of carbonyl (C=O) groups is 1. The monoisotopic (exact) mass is 218 g/mol. The summed E-state index contributed by atoms with van der Waals surface area (Å²) in [6.07, 6.45) is 1.64. The van der Waals surface area contributed by atoms with Gasteiger partial charge in [0.2, 0.25) is 11.7 Å². The molecule has 0 aliphatic heterocycles. The Morgan fingerprint density at radius 3 is 2.81 bits per heavy atom. The number of nitrogens with zero attached hydrogens (tertiary/aromatic N) is 2. The zero-order valence-corrected chi connectivity index (χ0v) is 8.71. The summed E-state index contributed by atoms with van der Waals surface area (Å²) >= 11 is 0. The van der Waals surface area contributed by atoms with Crippen LogP contribution in [0.2, 0.25) is 0 Å². The zero-order chi connectivity index (χ0) is 11.4. The second kappa shape index (κ2) is 4.57. The molecule has 0 saturated heterocycles. The predicted octanol–water partition coefficient (Wildman–Crippen LogP) is 1.50. The van der Waals surface area contributed by atoms with E-state index in [1.807, 2.05) is 0 Å². The Kier molecular flexibility index (Phi) is 2.95. The Morgan fingerprint density at radius 1 is 1.38 bits per heavy atom. The molecule has 0 aliphatic carbocycles. The molecule has 2 aromatic heterocycles. The number of rotatable bonds is 4. The lowest BCUT2D eigenvalue weighted by atomic mass is 10.2. The van der Waals surface area contributed by atoms with Crippen LogP contribution in [0.25, 0.3) is 0 Å². The Balaban J connectivity index is 2.06. The quantitative estimate of drug-likeness (QED) is 0.727. The molecule has 0 spiro atoms. The van der Waals surface area contributed by atoms with Gasteiger partial charge >= 0.3 is 0 Å². The van der Waals surface area contributed by atoms with Gasteiger partial charge in [-0.2, -0.15) is 5.10 Å². The molecule has 5 heteroatoms. The molecule has 0 atom stereocenters. The molecule has 5 nitrogen and oxygen atoms in total. The number of aromatic nitrogens is 2. The van der Waals surface area contributed by atoms with Gasteiger partial charge in [0, 0.05) is 6.07 Å². The first-order chi connectivity index (χ1) is 7.79. The second-order valence-electron chi connectivity index (χ2n) is 3.14. The molecule has 0 radical (unpaired) electrons. The third-order valence-electron chi connectivity index (χ3n) is 2.04. The molecule has 0 amide bonds. The van der Waals surface area contributed by atoms with Crippen LogP contribution in [0, 0.1) is 0 Å². The molecule has 0 bridgehead atoms. The van der Waals surface area contributed by atoms with Crippen LogP contribution in [0.15, 0.2) is 34.9 Å². The van der Waals surface area contributed by atoms with E-state index in [0.717, 1.165) is 0 Å². The van der Waals surface area contributed by atoms with Gasteiger partial charge in [0.05, 0.1) is 25.5 Å². The highest BCUT2D eigenvalue weighted by atomic mass is 16.5.